The first-order valence-electron chi connectivity index (χ1n) is 10.2. The predicted octanol–water partition coefficient (Wildman–Crippen LogP) is 3.48. The van der Waals surface area contributed by atoms with Crippen LogP contribution in [0, 0.1) is 0 Å². The number of piperidine rings is 1. The van der Waals surface area contributed by atoms with E-state index in [1.807, 2.05) is 30.3 Å². The van der Waals surface area contributed by atoms with Crippen LogP contribution in [0.3, 0.4) is 0 Å². The van der Waals surface area contributed by atoms with Crippen molar-refractivity contribution in [3.8, 4) is 0 Å². The number of likely N-dealkylation sites (tertiary alicyclic amines) is 1. The van der Waals surface area contributed by atoms with E-state index < -0.39 is 9.84 Å². The molecule has 4 rings (SSSR count). The number of rotatable bonds is 4. The molecule has 0 atom stereocenters. The number of carbonyl (C=O) groups is 1. The van der Waals surface area contributed by atoms with Gasteiger partial charge in [0.1, 0.15) is 0 Å². The minimum absolute atomic E-state index is 0.0584. The zero-order valence-corrected chi connectivity index (χ0v) is 18.5. The van der Waals surface area contributed by atoms with Crippen LogP contribution in [-0.4, -0.2) is 51.3 Å². The third-order valence-electron chi connectivity index (χ3n) is 5.86. The molecule has 2 heterocycles. The van der Waals surface area contributed by atoms with Crippen molar-refractivity contribution >= 4 is 33.2 Å². The van der Waals surface area contributed by atoms with Crippen molar-refractivity contribution in [2.45, 2.75) is 36.7 Å². The van der Waals surface area contributed by atoms with Crippen molar-refractivity contribution in [3.63, 3.8) is 0 Å². The highest BCUT2D eigenvalue weighted by Gasteiger charge is 2.28. The van der Waals surface area contributed by atoms with Gasteiger partial charge in [-0.2, -0.15) is 0 Å². The summed E-state index contributed by atoms with van der Waals surface area (Å²) in [4.78, 5) is 17.2. The second-order valence-corrected chi connectivity index (χ2v) is 10.5. The Morgan fingerprint density at radius 1 is 1.13 bits per heavy atom. The molecule has 0 radical (unpaired) electrons. The van der Waals surface area contributed by atoms with Crippen molar-refractivity contribution in [2.75, 3.05) is 30.8 Å². The summed E-state index contributed by atoms with van der Waals surface area (Å²) in [5, 5.41) is 3.86. The Bertz CT molecular complexity index is 1050. The standard InChI is InChI=1S/C22H26ClN3O3S/c1-30(28,29)21-5-3-2-4-17(21)15-25-11-9-19(10-12-25)24-22(27)26-13-8-16-14-18(23)6-7-20(16)26/h2-7,14,19H,8-13,15H2,1H3,(H,24,27). The molecule has 0 bridgehead atoms. The normalized spacial score (nSPS) is 17.7. The van der Waals surface area contributed by atoms with E-state index in [0.29, 0.717) is 23.0 Å². The number of hydrogen-bond acceptors (Lipinski definition) is 4. The molecule has 2 amide bonds. The summed E-state index contributed by atoms with van der Waals surface area (Å²) >= 11 is 6.06. The lowest BCUT2D eigenvalue weighted by Gasteiger charge is -2.33. The first kappa shape index (κ1) is 21.2. The maximum atomic E-state index is 12.8. The molecule has 1 fully saturated rings. The van der Waals surface area contributed by atoms with E-state index >= 15 is 0 Å². The molecule has 0 aliphatic carbocycles. The number of nitrogens with one attached hydrogen (secondary N) is 1. The van der Waals surface area contributed by atoms with Gasteiger partial charge in [-0.1, -0.05) is 29.8 Å². The van der Waals surface area contributed by atoms with Crippen LogP contribution in [-0.2, 0) is 22.8 Å². The van der Waals surface area contributed by atoms with Crippen LogP contribution < -0.4 is 10.2 Å². The van der Waals surface area contributed by atoms with Crippen molar-refractivity contribution < 1.29 is 13.2 Å². The maximum absolute atomic E-state index is 12.8. The Morgan fingerprint density at radius 3 is 2.60 bits per heavy atom. The van der Waals surface area contributed by atoms with Gasteiger partial charge in [-0.3, -0.25) is 9.80 Å². The molecule has 2 aromatic rings. The van der Waals surface area contributed by atoms with E-state index in [-0.39, 0.29) is 12.1 Å². The SMILES string of the molecule is CS(=O)(=O)c1ccccc1CN1CCC(NC(=O)N2CCc3cc(Cl)ccc32)CC1. The Hall–Kier alpha value is -2.09. The summed E-state index contributed by atoms with van der Waals surface area (Å²) < 4.78 is 24.0. The first-order chi connectivity index (χ1) is 14.3. The topological polar surface area (TPSA) is 69.7 Å². The minimum atomic E-state index is -3.25. The number of sulfone groups is 1. The zero-order chi connectivity index (χ0) is 21.3. The third-order valence-corrected chi connectivity index (χ3v) is 7.30. The Balaban J connectivity index is 1.33. The quantitative estimate of drug-likeness (QED) is 0.779. The van der Waals surface area contributed by atoms with Crippen LogP contribution in [0.2, 0.25) is 5.02 Å². The summed E-state index contributed by atoms with van der Waals surface area (Å²) in [6, 6.07) is 12.9. The third kappa shape index (κ3) is 4.63. The number of nitrogens with zero attached hydrogens (tertiary/aromatic N) is 2. The van der Waals surface area contributed by atoms with Gasteiger partial charge < -0.3 is 5.32 Å². The monoisotopic (exact) mass is 447 g/mol. The van der Waals surface area contributed by atoms with E-state index in [0.717, 1.165) is 49.2 Å². The van der Waals surface area contributed by atoms with Gasteiger partial charge in [-0.15, -0.1) is 0 Å². The highest BCUT2D eigenvalue weighted by atomic mass is 35.5. The molecule has 2 aliphatic rings. The first-order valence-corrected chi connectivity index (χ1v) is 12.4. The van der Waals surface area contributed by atoms with Gasteiger partial charge in [0.2, 0.25) is 0 Å². The summed E-state index contributed by atoms with van der Waals surface area (Å²) in [5.74, 6) is 0. The highest BCUT2D eigenvalue weighted by molar-refractivity contribution is 7.90. The highest BCUT2D eigenvalue weighted by Crippen LogP contribution is 2.30. The number of anilines is 1. The van der Waals surface area contributed by atoms with E-state index in [2.05, 4.69) is 10.2 Å². The zero-order valence-electron chi connectivity index (χ0n) is 17.0. The molecule has 1 saturated heterocycles. The molecule has 0 aromatic heterocycles. The van der Waals surface area contributed by atoms with E-state index in [1.54, 1.807) is 17.0 Å². The summed E-state index contributed by atoms with van der Waals surface area (Å²) in [7, 11) is -3.25. The van der Waals surface area contributed by atoms with E-state index in [9.17, 15) is 13.2 Å². The Morgan fingerprint density at radius 2 is 1.87 bits per heavy atom. The number of fused-ring (bicyclic) bond motifs is 1. The van der Waals surface area contributed by atoms with Gasteiger partial charge in [0, 0.05) is 49.2 Å². The van der Waals surface area contributed by atoms with Crippen molar-refractivity contribution in [3.05, 3.63) is 58.6 Å². The fourth-order valence-corrected chi connectivity index (χ4v) is 5.44. The molecule has 0 spiro atoms. The van der Waals surface area contributed by atoms with Crippen LogP contribution in [0.15, 0.2) is 47.4 Å². The molecule has 2 aliphatic heterocycles. The molecular formula is C22H26ClN3O3S. The number of hydrogen-bond donors (Lipinski definition) is 1. The molecule has 0 saturated carbocycles. The lowest BCUT2D eigenvalue weighted by atomic mass is 10.0. The van der Waals surface area contributed by atoms with Gasteiger partial charge in [-0.25, -0.2) is 13.2 Å². The second-order valence-electron chi connectivity index (χ2n) is 8.05. The van der Waals surface area contributed by atoms with Crippen molar-refractivity contribution in [1.82, 2.24) is 10.2 Å². The van der Waals surface area contributed by atoms with Crippen LogP contribution in [0.5, 0.6) is 0 Å². The molecular weight excluding hydrogens is 422 g/mol. The number of amides is 2. The average molecular weight is 448 g/mol. The van der Waals surface area contributed by atoms with Gasteiger partial charge in [-0.05, 0) is 54.7 Å². The van der Waals surface area contributed by atoms with Crippen LogP contribution in [0.25, 0.3) is 0 Å². The number of benzene rings is 2. The molecule has 6 nitrogen and oxygen atoms in total. The summed E-state index contributed by atoms with van der Waals surface area (Å²) in [6.07, 6.45) is 3.75. The molecule has 8 heteroatoms. The lowest BCUT2D eigenvalue weighted by Crippen LogP contribution is -2.49. The minimum Gasteiger partial charge on any atom is -0.335 e. The van der Waals surface area contributed by atoms with Gasteiger partial charge in [0.15, 0.2) is 9.84 Å². The molecule has 30 heavy (non-hydrogen) atoms. The number of halogens is 1. The molecule has 1 N–H and O–H groups in total. The number of urea groups is 1. The Labute approximate surface area is 182 Å². The Kier molecular flexibility index (Phi) is 6.04. The molecule has 0 unspecified atom stereocenters. The second kappa shape index (κ2) is 8.57. The van der Waals surface area contributed by atoms with Gasteiger partial charge in [0.25, 0.3) is 0 Å². The van der Waals surface area contributed by atoms with Gasteiger partial charge in [0.05, 0.1) is 4.90 Å². The van der Waals surface area contributed by atoms with Crippen LogP contribution in [0.4, 0.5) is 10.5 Å². The number of carbonyl (C=O) groups excluding carboxylic acids is 1. The summed E-state index contributed by atoms with van der Waals surface area (Å²) in [5.41, 5.74) is 2.87. The predicted molar refractivity (Wildman–Crippen MR) is 119 cm³/mol. The van der Waals surface area contributed by atoms with Crippen LogP contribution >= 0.6 is 11.6 Å². The molecule has 2 aromatic carbocycles. The van der Waals surface area contributed by atoms with Crippen molar-refractivity contribution in [2.24, 2.45) is 0 Å². The largest absolute Gasteiger partial charge is 0.335 e. The van der Waals surface area contributed by atoms with Crippen LogP contribution in [0.1, 0.15) is 24.0 Å². The van der Waals surface area contributed by atoms with E-state index in [4.69, 9.17) is 11.6 Å². The smallest absolute Gasteiger partial charge is 0.322 e. The fraction of sp³-hybridized carbons (Fsp3) is 0.409. The summed E-state index contributed by atoms with van der Waals surface area (Å²) in [6.45, 7) is 2.90. The van der Waals surface area contributed by atoms with Gasteiger partial charge >= 0.3 is 6.03 Å². The molecule has 160 valence electrons. The van der Waals surface area contributed by atoms with Crippen molar-refractivity contribution in [1.29, 1.82) is 0 Å². The average Bonchev–Trinajstić information content (AvgIpc) is 3.12. The maximum Gasteiger partial charge on any atom is 0.322 e. The van der Waals surface area contributed by atoms with E-state index in [1.165, 1.54) is 6.26 Å². The lowest BCUT2D eigenvalue weighted by molar-refractivity contribution is 0.187. The fourth-order valence-electron chi connectivity index (χ4n) is 4.31.